The topological polar surface area (TPSA) is 58.4 Å². The van der Waals surface area contributed by atoms with Gasteiger partial charge in [-0.05, 0) is 44.7 Å². The van der Waals surface area contributed by atoms with Crippen molar-refractivity contribution in [2.24, 2.45) is 11.1 Å². The lowest BCUT2D eigenvalue weighted by molar-refractivity contribution is -0.117. The number of carbonyl (C=O) groups excluding carboxylic acids is 1. The summed E-state index contributed by atoms with van der Waals surface area (Å²) < 4.78 is 0. The third-order valence-electron chi connectivity index (χ3n) is 3.49. The molecular weight excluding hydrogens is 286 g/mol. The fourth-order valence-electron chi connectivity index (χ4n) is 2.31. The van der Waals surface area contributed by atoms with Crippen LogP contribution in [0, 0.1) is 29.1 Å². The van der Waals surface area contributed by atoms with E-state index in [4.69, 9.17) is 5.73 Å². The summed E-state index contributed by atoms with van der Waals surface area (Å²) in [5, 5.41) is 2.85. The number of hydrogen-bond acceptors (Lipinski definition) is 3. The van der Waals surface area contributed by atoms with Crippen molar-refractivity contribution in [2.45, 2.75) is 33.2 Å². The minimum absolute atomic E-state index is 0.0343. The average Bonchev–Trinajstić information content (AvgIpc) is 2.46. The summed E-state index contributed by atoms with van der Waals surface area (Å²) in [7, 11) is 1.98. The molecule has 0 aromatic heterocycles. The zero-order chi connectivity index (χ0) is 17.0. The molecule has 4 heteroatoms. The van der Waals surface area contributed by atoms with Crippen LogP contribution in [0.25, 0.3) is 0 Å². The summed E-state index contributed by atoms with van der Waals surface area (Å²) in [6.45, 7) is 6.74. The second-order valence-electron chi connectivity index (χ2n) is 6.76. The van der Waals surface area contributed by atoms with Gasteiger partial charge in [-0.2, -0.15) is 0 Å². The average molecular weight is 309 g/mol. The third kappa shape index (κ3) is 4.52. The largest absolute Gasteiger partial charge is 0.363 e. The Balaban J connectivity index is 2.14. The van der Waals surface area contributed by atoms with Gasteiger partial charge in [0.05, 0.1) is 12.6 Å². The van der Waals surface area contributed by atoms with E-state index in [1.165, 1.54) is 0 Å². The first-order valence-corrected chi connectivity index (χ1v) is 7.67. The van der Waals surface area contributed by atoms with Gasteiger partial charge < -0.3 is 16.0 Å². The molecule has 1 atom stereocenters. The smallest absolute Gasteiger partial charge is 0.241 e. The summed E-state index contributed by atoms with van der Waals surface area (Å²) in [4.78, 5) is 13.7. The molecule has 0 spiro atoms. The van der Waals surface area contributed by atoms with E-state index in [1.54, 1.807) is 0 Å². The van der Waals surface area contributed by atoms with E-state index in [9.17, 15) is 4.79 Å². The summed E-state index contributed by atoms with van der Waals surface area (Å²) in [6, 6.07) is 5.35. The van der Waals surface area contributed by atoms with Gasteiger partial charge >= 0.3 is 0 Å². The molecule has 1 heterocycles. The molecule has 0 saturated heterocycles. The van der Waals surface area contributed by atoms with Gasteiger partial charge in [0.25, 0.3) is 0 Å². The quantitative estimate of drug-likeness (QED) is 0.822. The van der Waals surface area contributed by atoms with Crippen LogP contribution in [0.5, 0.6) is 0 Å². The number of nitrogens with zero attached hydrogens (tertiary/aromatic N) is 1. The van der Waals surface area contributed by atoms with Gasteiger partial charge in [-0.1, -0.05) is 17.9 Å². The Kier molecular flexibility index (Phi) is 4.98. The highest BCUT2D eigenvalue weighted by Crippen LogP contribution is 2.30. The lowest BCUT2D eigenvalue weighted by Crippen LogP contribution is -2.41. The Bertz CT molecular complexity index is 723. The van der Waals surface area contributed by atoms with E-state index in [-0.39, 0.29) is 11.3 Å². The van der Waals surface area contributed by atoms with Gasteiger partial charge in [0.2, 0.25) is 5.91 Å². The van der Waals surface area contributed by atoms with Gasteiger partial charge in [-0.15, -0.1) is 0 Å². The molecule has 0 radical (unpaired) electrons. The first kappa shape index (κ1) is 16.9. The highest BCUT2D eigenvalue weighted by atomic mass is 16.2. The molecule has 0 saturated carbocycles. The van der Waals surface area contributed by atoms with Gasteiger partial charge in [0.15, 0.2) is 0 Å². The Labute approximate surface area is 138 Å². The molecule has 1 aromatic carbocycles. The van der Waals surface area contributed by atoms with Crippen molar-refractivity contribution in [3.8, 4) is 23.7 Å². The molecule has 4 nitrogen and oxygen atoms in total. The maximum Gasteiger partial charge on any atom is 0.241 e. The van der Waals surface area contributed by atoms with Crippen LogP contribution in [-0.2, 0) is 11.2 Å². The Morgan fingerprint density at radius 3 is 2.78 bits per heavy atom. The first-order valence-electron chi connectivity index (χ1n) is 7.67. The summed E-state index contributed by atoms with van der Waals surface area (Å²) >= 11 is 0. The fraction of sp³-hybridized carbons (Fsp3) is 0.421. The van der Waals surface area contributed by atoms with E-state index < -0.39 is 6.04 Å². The monoisotopic (exact) mass is 309 g/mol. The molecule has 2 rings (SSSR count). The minimum Gasteiger partial charge on any atom is -0.363 e. The first-order chi connectivity index (χ1) is 10.8. The lowest BCUT2D eigenvalue weighted by Gasteiger charge is -2.27. The van der Waals surface area contributed by atoms with Crippen molar-refractivity contribution >= 4 is 17.3 Å². The van der Waals surface area contributed by atoms with Crippen LogP contribution in [-0.4, -0.2) is 25.5 Å². The number of hydrogen-bond donors (Lipinski definition) is 2. The van der Waals surface area contributed by atoms with Crippen LogP contribution in [0.1, 0.15) is 26.3 Å². The second kappa shape index (κ2) is 6.77. The molecule has 0 bridgehead atoms. The number of nitrogens with two attached hydrogens (primary N) is 1. The molecule has 0 aliphatic carbocycles. The van der Waals surface area contributed by atoms with Crippen LogP contribution < -0.4 is 16.0 Å². The zero-order valence-electron chi connectivity index (χ0n) is 14.2. The summed E-state index contributed by atoms with van der Waals surface area (Å²) in [5.41, 5.74) is 8.76. The van der Waals surface area contributed by atoms with Crippen molar-refractivity contribution in [1.29, 1.82) is 0 Å². The molecular formula is C19H23N3O. The van der Waals surface area contributed by atoms with Gasteiger partial charge in [-0.3, -0.25) is 4.79 Å². The van der Waals surface area contributed by atoms with Gasteiger partial charge in [0.1, 0.15) is 0 Å². The molecule has 23 heavy (non-hydrogen) atoms. The van der Waals surface area contributed by atoms with Gasteiger partial charge in [-0.25, -0.2) is 0 Å². The minimum atomic E-state index is -0.499. The van der Waals surface area contributed by atoms with Crippen LogP contribution in [0.4, 0.5) is 11.4 Å². The molecule has 1 aliphatic heterocycles. The van der Waals surface area contributed by atoms with Crippen LogP contribution in [0.3, 0.4) is 0 Å². The van der Waals surface area contributed by atoms with Gasteiger partial charge in [0, 0.05) is 35.8 Å². The predicted octanol–water partition coefficient (Wildman–Crippen LogP) is 2.00. The Morgan fingerprint density at radius 1 is 1.35 bits per heavy atom. The number of nitrogens with one attached hydrogen (secondary N) is 1. The highest BCUT2D eigenvalue weighted by Gasteiger charge is 2.25. The van der Waals surface area contributed by atoms with E-state index >= 15 is 0 Å². The van der Waals surface area contributed by atoms with Crippen molar-refractivity contribution in [1.82, 2.24) is 0 Å². The Hall–Kier alpha value is -2.43. The lowest BCUT2D eigenvalue weighted by atomic mass is 9.97. The molecule has 1 amide bonds. The SMILES string of the molecule is CN(CC#CC#CC(C)(C)C)c1cccc2c1CC(N)C(=O)N2. The molecule has 1 aromatic rings. The van der Waals surface area contributed by atoms with E-state index in [0.29, 0.717) is 13.0 Å². The Morgan fingerprint density at radius 2 is 2.09 bits per heavy atom. The number of anilines is 2. The zero-order valence-corrected chi connectivity index (χ0v) is 14.2. The standard InChI is InChI=1S/C19H23N3O/c1-19(2,3)11-6-5-7-12-22(4)17-10-8-9-16-14(17)13-15(20)18(23)21-16/h8-10,15H,12-13,20H2,1-4H3,(H,21,23). The molecule has 120 valence electrons. The second-order valence-corrected chi connectivity index (χ2v) is 6.76. The van der Waals surface area contributed by atoms with Crippen molar-refractivity contribution in [3.05, 3.63) is 23.8 Å². The maximum absolute atomic E-state index is 11.7. The van der Waals surface area contributed by atoms with Crippen molar-refractivity contribution in [3.63, 3.8) is 0 Å². The molecule has 1 unspecified atom stereocenters. The third-order valence-corrected chi connectivity index (χ3v) is 3.49. The number of rotatable bonds is 2. The summed E-state index contributed by atoms with van der Waals surface area (Å²) in [6.07, 6.45) is 0.541. The van der Waals surface area contributed by atoms with E-state index in [0.717, 1.165) is 16.9 Å². The molecule has 1 aliphatic rings. The predicted molar refractivity (Wildman–Crippen MR) is 95.0 cm³/mol. The van der Waals surface area contributed by atoms with E-state index in [1.807, 2.05) is 25.2 Å². The van der Waals surface area contributed by atoms with Crippen molar-refractivity contribution < 1.29 is 4.79 Å². The fourth-order valence-corrected chi connectivity index (χ4v) is 2.31. The number of benzene rings is 1. The molecule has 3 N–H and O–H groups in total. The number of amides is 1. The highest BCUT2D eigenvalue weighted by molar-refractivity contribution is 5.99. The summed E-state index contributed by atoms with van der Waals surface area (Å²) in [5.74, 6) is 11.8. The number of carbonyl (C=O) groups is 1. The number of fused-ring (bicyclic) bond motifs is 1. The maximum atomic E-state index is 11.7. The molecule has 0 fully saturated rings. The van der Waals surface area contributed by atoms with Crippen molar-refractivity contribution in [2.75, 3.05) is 23.8 Å². The van der Waals surface area contributed by atoms with E-state index in [2.05, 4.69) is 54.7 Å². The van der Waals surface area contributed by atoms with Crippen LogP contribution in [0.15, 0.2) is 18.2 Å². The van der Waals surface area contributed by atoms with Crippen LogP contribution in [0.2, 0.25) is 0 Å². The van der Waals surface area contributed by atoms with Crippen LogP contribution >= 0.6 is 0 Å². The normalized spacial score (nSPS) is 16.2.